The number of carbonyl (C=O) groups is 1. The number of nitrogens with one attached hydrogen (secondary N) is 1. The molecule has 2 N–H and O–H groups in total. The van der Waals surface area contributed by atoms with E-state index in [-0.39, 0.29) is 18.4 Å². The lowest BCUT2D eigenvalue weighted by atomic mass is 10.0. The molecule has 0 aromatic heterocycles. The first-order valence-corrected chi connectivity index (χ1v) is 4.89. The normalized spacial score (nSPS) is 16.4. The van der Waals surface area contributed by atoms with Crippen molar-refractivity contribution in [2.45, 2.75) is 0 Å². The van der Waals surface area contributed by atoms with E-state index in [0.29, 0.717) is 19.7 Å². The number of rotatable bonds is 6. The Hall–Kier alpha value is -0.650. The summed E-state index contributed by atoms with van der Waals surface area (Å²) in [6.07, 6.45) is 0. The Kier molecular flexibility index (Phi) is 4.86. The van der Waals surface area contributed by atoms with E-state index in [9.17, 15) is 4.79 Å². The molecule has 1 fully saturated rings. The van der Waals surface area contributed by atoms with E-state index < -0.39 is 0 Å². The van der Waals surface area contributed by atoms with Crippen LogP contribution in [0.5, 0.6) is 0 Å². The minimum absolute atomic E-state index is 0.00953. The highest BCUT2D eigenvalue weighted by molar-refractivity contribution is 5.80. The minimum Gasteiger partial charge on any atom is -0.395 e. The second-order valence-corrected chi connectivity index (χ2v) is 3.40. The zero-order chi connectivity index (χ0) is 10.4. The molecule has 1 heterocycles. The third kappa shape index (κ3) is 2.94. The van der Waals surface area contributed by atoms with E-state index in [4.69, 9.17) is 9.84 Å². The lowest BCUT2D eigenvalue weighted by molar-refractivity contribution is -0.138. The number of ether oxygens (including phenoxy) is 1. The molecular weight excluding hydrogens is 184 g/mol. The fourth-order valence-electron chi connectivity index (χ4n) is 1.38. The molecule has 5 heteroatoms. The standard InChI is InChI=1S/C9H18N2O3/c1-14-5-3-11(2-4-12)9(13)8-6-10-7-8/h8,10,12H,2-7H2,1H3. The zero-order valence-electron chi connectivity index (χ0n) is 8.53. The summed E-state index contributed by atoms with van der Waals surface area (Å²) >= 11 is 0. The molecule has 0 atom stereocenters. The topological polar surface area (TPSA) is 61.8 Å². The Morgan fingerprint density at radius 2 is 2.29 bits per heavy atom. The molecule has 14 heavy (non-hydrogen) atoms. The Bertz CT molecular complexity index is 183. The smallest absolute Gasteiger partial charge is 0.228 e. The maximum Gasteiger partial charge on any atom is 0.228 e. The van der Waals surface area contributed by atoms with E-state index >= 15 is 0 Å². The molecule has 0 unspecified atom stereocenters. The molecule has 0 saturated carbocycles. The Balaban J connectivity index is 2.34. The van der Waals surface area contributed by atoms with Crippen LogP contribution in [-0.4, -0.2) is 62.4 Å². The predicted molar refractivity (Wildman–Crippen MR) is 51.9 cm³/mol. The van der Waals surface area contributed by atoms with E-state index in [2.05, 4.69) is 5.32 Å². The minimum atomic E-state index is 0.00953. The highest BCUT2D eigenvalue weighted by Gasteiger charge is 2.28. The van der Waals surface area contributed by atoms with E-state index in [1.807, 2.05) is 0 Å². The summed E-state index contributed by atoms with van der Waals surface area (Å²) in [6, 6.07) is 0. The van der Waals surface area contributed by atoms with Crippen LogP contribution in [0.1, 0.15) is 0 Å². The second-order valence-electron chi connectivity index (χ2n) is 3.40. The molecule has 0 aromatic rings. The van der Waals surface area contributed by atoms with Gasteiger partial charge in [0, 0.05) is 33.3 Å². The van der Waals surface area contributed by atoms with Crippen LogP contribution in [0.4, 0.5) is 0 Å². The number of hydrogen-bond donors (Lipinski definition) is 2. The molecule has 1 aliphatic heterocycles. The average molecular weight is 202 g/mol. The number of aliphatic hydroxyl groups is 1. The van der Waals surface area contributed by atoms with Crippen LogP contribution >= 0.6 is 0 Å². The van der Waals surface area contributed by atoms with E-state index in [1.165, 1.54) is 0 Å². The van der Waals surface area contributed by atoms with Crippen molar-refractivity contribution in [1.82, 2.24) is 10.2 Å². The summed E-state index contributed by atoms with van der Waals surface area (Å²) < 4.78 is 4.91. The molecule has 1 aliphatic rings. The van der Waals surface area contributed by atoms with Gasteiger partial charge in [-0.2, -0.15) is 0 Å². The fourth-order valence-corrected chi connectivity index (χ4v) is 1.38. The maximum absolute atomic E-state index is 11.7. The lowest BCUT2D eigenvalue weighted by Gasteiger charge is -2.32. The second kappa shape index (κ2) is 5.95. The van der Waals surface area contributed by atoms with Crippen molar-refractivity contribution in [3.63, 3.8) is 0 Å². The number of carbonyl (C=O) groups excluding carboxylic acids is 1. The van der Waals surface area contributed by atoms with Gasteiger partial charge in [-0.1, -0.05) is 0 Å². The van der Waals surface area contributed by atoms with Gasteiger partial charge >= 0.3 is 0 Å². The molecule has 0 aromatic carbocycles. The fraction of sp³-hybridized carbons (Fsp3) is 0.889. The molecule has 1 amide bonds. The Morgan fingerprint density at radius 1 is 1.57 bits per heavy atom. The lowest BCUT2D eigenvalue weighted by Crippen LogP contribution is -2.53. The van der Waals surface area contributed by atoms with Gasteiger partial charge in [0.15, 0.2) is 0 Å². The van der Waals surface area contributed by atoms with Crippen molar-refractivity contribution < 1.29 is 14.6 Å². The number of aliphatic hydroxyl groups excluding tert-OH is 1. The average Bonchev–Trinajstić information content (AvgIpc) is 2.09. The third-order valence-corrected chi connectivity index (χ3v) is 2.38. The monoisotopic (exact) mass is 202 g/mol. The number of amides is 1. The van der Waals surface area contributed by atoms with Crippen molar-refractivity contribution in [1.29, 1.82) is 0 Å². The summed E-state index contributed by atoms with van der Waals surface area (Å²) in [5, 5.41) is 11.9. The molecule has 82 valence electrons. The molecule has 1 rings (SSSR count). The van der Waals surface area contributed by atoms with Gasteiger partial charge < -0.3 is 20.1 Å². The largest absolute Gasteiger partial charge is 0.395 e. The first-order chi connectivity index (χ1) is 6.79. The molecule has 0 radical (unpaired) electrons. The molecule has 0 bridgehead atoms. The number of nitrogens with zero attached hydrogens (tertiary/aromatic N) is 1. The van der Waals surface area contributed by atoms with Gasteiger partial charge in [-0.3, -0.25) is 4.79 Å². The van der Waals surface area contributed by atoms with Crippen LogP contribution < -0.4 is 5.32 Å². The SMILES string of the molecule is COCCN(CCO)C(=O)C1CNC1. The van der Waals surface area contributed by atoms with Crippen LogP contribution in [0, 0.1) is 5.92 Å². The Morgan fingerprint density at radius 3 is 2.71 bits per heavy atom. The van der Waals surface area contributed by atoms with Crippen LogP contribution in [0.3, 0.4) is 0 Å². The molecule has 0 aliphatic carbocycles. The van der Waals surface area contributed by atoms with Gasteiger partial charge in [-0.05, 0) is 0 Å². The summed E-state index contributed by atoms with van der Waals surface area (Å²) in [7, 11) is 1.60. The first kappa shape index (κ1) is 11.4. The van der Waals surface area contributed by atoms with Gasteiger partial charge in [-0.25, -0.2) is 0 Å². The predicted octanol–water partition coefficient (Wildman–Crippen LogP) is -1.33. The number of methoxy groups -OCH3 is 1. The molecule has 5 nitrogen and oxygen atoms in total. The van der Waals surface area contributed by atoms with Gasteiger partial charge in [0.1, 0.15) is 0 Å². The molecule has 0 spiro atoms. The quantitative estimate of drug-likeness (QED) is 0.560. The summed E-state index contributed by atoms with van der Waals surface area (Å²) in [5.41, 5.74) is 0. The number of hydrogen-bond acceptors (Lipinski definition) is 4. The van der Waals surface area contributed by atoms with Crippen LogP contribution in [0.2, 0.25) is 0 Å². The van der Waals surface area contributed by atoms with Crippen LogP contribution in [0.25, 0.3) is 0 Å². The van der Waals surface area contributed by atoms with Gasteiger partial charge in [0.2, 0.25) is 5.91 Å². The van der Waals surface area contributed by atoms with Gasteiger partial charge in [0.25, 0.3) is 0 Å². The molecule has 1 saturated heterocycles. The highest BCUT2D eigenvalue weighted by Crippen LogP contribution is 2.07. The zero-order valence-corrected chi connectivity index (χ0v) is 8.53. The van der Waals surface area contributed by atoms with Crippen LogP contribution in [0.15, 0.2) is 0 Å². The van der Waals surface area contributed by atoms with Gasteiger partial charge in [-0.15, -0.1) is 0 Å². The third-order valence-electron chi connectivity index (χ3n) is 2.38. The maximum atomic E-state index is 11.7. The van der Waals surface area contributed by atoms with Gasteiger partial charge in [0.05, 0.1) is 19.1 Å². The summed E-state index contributed by atoms with van der Waals surface area (Å²) in [4.78, 5) is 13.4. The van der Waals surface area contributed by atoms with Crippen molar-refractivity contribution >= 4 is 5.91 Å². The highest BCUT2D eigenvalue weighted by atomic mass is 16.5. The summed E-state index contributed by atoms with van der Waals surface area (Å²) in [5.74, 6) is 0.216. The van der Waals surface area contributed by atoms with Crippen LogP contribution in [-0.2, 0) is 9.53 Å². The first-order valence-electron chi connectivity index (χ1n) is 4.89. The van der Waals surface area contributed by atoms with Crippen molar-refractivity contribution in [2.75, 3.05) is 46.5 Å². The van der Waals surface area contributed by atoms with E-state index in [1.54, 1.807) is 12.0 Å². The Labute approximate surface area is 84.0 Å². The van der Waals surface area contributed by atoms with Crippen molar-refractivity contribution in [3.8, 4) is 0 Å². The van der Waals surface area contributed by atoms with E-state index in [0.717, 1.165) is 13.1 Å². The van der Waals surface area contributed by atoms with Crippen molar-refractivity contribution in [3.05, 3.63) is 0 Å². The summed E-state index contributed by atoms with van der Waals surface area (Å²) in [6.45, 7) is 3.01. The van der Waals surface area contributed by atoms with Crippen molar-refractivity contribution in [2.24, 2.45) is 5.92 Å². The molecular formula is C9H18N2O3.